The number of benzene rings is 2. The first kappa shape index (κ1) is 24.6. The SMILES string of the molecule is COc1ccc(-c2nc(N3CCN(C4CCCCC4)CC3)nc3nn(Cc4ccccc4)c(N)c23)c(F)c1. The zero-order valence-corrected chi connectivity index (χ0v) is 21.8. The van der Waals surface area contributed by atoms with Crippen molar-refractivity contribution in [3.05, 3.63) is 59.9 Å². The Morgan fingerprint density at radius 3 is 2.45 bits per heavy atom. The van der Waals surface area contributed by atoms with Gasteiger partial charge in [-0.3, -0.25) is 4.90 Å². The highest BCUT2D eigenvalue weighted by Crippen LogP contribution is 2.35. The Balaban J connectivity index is 1.38. The molecule has 2 aromatic carbocycles. The van der Waals surface area contributed by atoms with Gasteiger partial charge in [0.15, 0.2) is 5.65 Å². The summed E-state index contributed by atoms with van der Waals surface area (Å²) in [5.74, 6) is 1.01. The lowest BCUT2D eigenvalue weighted by Crippen LogP contribution is -2.51. The fourth-order valence-corrected chi connectivity index (χ4v) is 5.80. The molecule has 2 fully saturated rings. The second-order valence-corrected chi connectivity index (χ2v) is 10.3. The zero-order valence-electron chi connectivity index (χ0n) is 21.8. The molecule has 0 bridgehead atoms. The van der Waals surface area contributed by atoms with Crippen LogP contribution in [-0.4, -0.2) is 64.0 Å². The molecule has 2 aromatic heterocycles. The van der Waals surface area contributed by atoms with Crippen molar-refractivity contribution in [1.82, 2.24) is 24.6 Å². The van der Waals surface area contributed by atoms with Gasteiger partial charge in [0, 0.05) is 43.9 Å². The molecule has 2 N–H and O–H groups in total. The van der Waals surface area contributed by atoms with Crippen LogP contribution in [0, 0.1) is 5.82 Å². The van der Waals surface area contributed by atoms with E-state index in [9.17, 15) is 0 Å². The van der Waals surface area contributed by atoms with Crippen molar-refractivity contribution in [2.24, 2.45) is 0 Å². The van der Waals surface area contributed by atoms with Crippen LogP contribution in [0.2, 0.25) is 0 Å². The predicted octanol–water partition coefficient (Wildman–Crippen LogP) is 4.73. The molecule has 2 aliphatic rings. The van der Waals surface area contributed by atoms with Crippen LogP contribution in [0.1, 0.15) is 37.7 Å². The molecule has 1 saturated heterocycles. The number of nitrogens with zero attached hydrogens (tertiary/aromatic N) is 6. The average molecular weight is 516 g/mol. The molecule has 0 radical (unpaired) electrons. The number of piperazine rings is 1. The predicted molar refractivity (Wildman–Crippen MR) is 148 cm³/mol. The van der Waals surface area contributed by atoms with E-state index in [0.717, 1.165) is 31.7 Å². The van der Waals surface area contributed by atoms with E-state index in [1.165, 1.54) is 45.3 Å². The molecule has 0 spiro atoms. The molecule has 198 valence electrons. The lowest BCUT2D eigenvalue weighted by Gasteiger charge is -2.40. The normalized spacial score (nSPS) is 17.3. The van der Waals surface area contributed by atoms with Crippen molar-refractivity contribution in [2.45, 2.75) is 44.7 Å². The molecule has 1 saturated carbocycles. The van der Waals surface area contributed by atoms with Crippen LogP contribution in [0.15, 0.2) is 48.5 Å². The Hall–Kier alpha value is -3.72. The lowest BCUT2D eigenvalue weighted by molar-refractivity contribution is 0.147. The minimum absolute atomic E-state index is 0.353. The molecule has 0 unspecified atom stereocenters. The molecular weight excluding hydrogens is 481 g/mol. The Morgan fingerprint density at radius 1 is 0.974 bits per heavy atom. The number of nitrogen functional groups attached to an aromatic ring is 1. The van der Waals surface area contributed by atoms with E-state index in [2.05, 4.69) is 9.80 Å². The Morgan fingerprint density at radius 2 is 1.74 bits per heavy atom. The maximum Gasteiger partial charge on any atom is 0.228 e. The smallest absolute Gasteiger partial charge is 0.228 e. The van der Waals surface area contributed by atoms with Gasteiger partial charge in [-0.25, -0.2) is 14.1 Å². The molecule has 0 amide bonds. The Bertz CT molecular complexity index is 1410. The van der Waals surface area contributed by atoms with Gasteiger partial charge in [-0.05, 0) is 30.5 Å². The quantitative estimate of drug-likeness (QED) is 0.398. The van der Waals surface area contributed by atoms with Gasteiger partial charge in [-0.15, -0.1) is 5.10 Å². The molecule has 6 rings (SSSR count). The molecule has 1 aliphatic carbocycles. The Kier molecular flexibility index (Phi) is 6.84. The first-order valence-corrected chi connectivity index (χ1v) is 13.5. The number of aromatic nitrogens is 4. The number of fused-ring (bicyclic) bond motifs is 1. The van der Waals surface area contributed by atoms with Crippen LogP contribution in [-0.2, 0) is 6.54 Å². The summed E-state index contributed by atoms with van der Waals surface area (Å²) in [5, 5.41) is 5.32. The summed E-state index contributed by atoms with van der Waals surface area (Å²) in [6.07, 6.45) is 6.60. The van der Waals surface area contributed by atoms with Crippen molar-refractivity contribution >= 4 is 22.8 Å². The van der Waals surface area contributed by atoms with Crippen LogP contribution in [0.5, 0.6) is 5.75 Å². The highest BCUT2D eigenvalue weighted by molar-refractivity contribution is 5.99. The number of hydrogen-bond donors (Lipinski definition) is 1. The van der Waals surface area contributed by atoms with Crippen LogP contribution < -0.4 is 15.4 Å². The number of nitrogens with two attached hydrogens (primary N) is 1. The summed E-state index contributed by atoms with van der Waals surface area (Å²) in [5.41, 5.74) is 8.96. The third-order valence-electron chi connectivity index (χ3n) is 7.92. The summed E-state index contributed by atoms with van der Waals surface area (Å²) in [7, 11) is 1.52. The molecule has 9 heteroatoms. The van der Waals surface area contributed by atoms with E-state index in [0.29, 0.717) is 52.4 Å². The van der Waals surface area contributed by atoms with E-state index in [-0.39, 0.29) is 0 Å². The summed E-state index contributed by atoms with van der Waals surface area (Å²) >= 11 is 0. The van der Waals surface area contributed by atoms with Crippen molar-refractivity contribution in [2.75, 3.05) is 43.9 Å². The van der Waals surface area contributed by atoms with Gasteiger partial charge in [0.1, 0.15) is 17.4 Å². The highest BCUT2D eigenvalue weighted by atomic mass is 19.1. The molecular formula is C29H34FN7O. The zero-order chi connectivity index (χ0) is 26.1. The third kappa shape index (κ3) is 4.78. The number of rotatable bonds is 6. The van der Waals surface area contributed by atoms with Gasteiger partial charge >= 0.3 is 0 Å². The first-order chi connectivity index (χ1) is 18.6. The summed E-state index contributed by atoms with van der Waals surface area (Å²) in [4.78, 5) is 14.6. The maximum atomic E-state index is 15.3. The minimum Gasteiger partial charge on any atom is -0.497 e. The van der Waals surface area contributed by atoms with Crippen molar-refractivity contribution in [1.29, 1.82) is 0 Å². The van der Waals surface area contributed by atoms with Gasteiger partial charge in [-0.2, -0.15) is 4.98 Å². The molecule has 4 aromatic rings. The molecule has 0 atom stereocenters. The number of hydrogen-bond acceptors (Lipinski definition) is 7. The van der Waals surface area contributed by atoms with E-state index >= 15 is 4.39 Å². The number of ether oxygens (including phenoxy) is 1. The van der Waals surface area contributed by atoms with Crippen molar-refractivity contribution < 1.29 is 9.13 Å². The monoisotopic (exact) mass is 515 g/mol. The highest BCUT2D eigenvalue weighted by Gasteiger charge is 2.28. The topological polar surface area (TPSA) is 85.3 Å². The van der Waals surface area contributed by atoms with Crippen LogP contribution in [0.3, 0.4) is 0 Å². The fourth-order valence-electron chi connectivity index (χ4n) is 5.80. The van der Waals surface area contributed by atoms with Gasteiger partial charge in [0.05, 0.1) is 24.7 Å². The number of methoxy groups -OCH3 is 1. The van der Waals surface area contributed by atoms with E-state index < -0.39 is 5.82 Å². The van der Waals surface area contributed by atoms with Gasteiger partial charge in [-0.1, -0.05) is 49.6 Å². The van der Waals surface area contributed by atoms with Crippen molar-refractivity contribution in [3.63, 3.8) is 0 Å². The van der Waals surface area contributed by atoms with Crippen molar-refractivity contribution in [3.8, 4) is 17.0 Å². The standard InChI is InChI=1S/C29H34FN7O/c1-38-22-12-13-23(24(30)18-22)26-25-27(31)37(19-20-8-4-2-5-9-20)34-28(25)33-29(32-26)36-16-14-35(15-17-36)21-10-6-3-7-11-21/h2,4-5,8-9,12-13,18,21H,3,6-7,10-11,14-17,19,31H2,1H3. The average Bonchev–Trinajstić information content (AvgIpc) is 3.28. The van der Waals surface area contributed by atoms with E-state index in [1.807, 2.05) is 30.3 Å². The Labute approximate surface area is 222 Å². The first-order valence-electron chi connectivity index (χ1n) is 13.5. The third-order valence-corrected chi connectivity index (χ3v) is 7.92. The largest absolute Gasteiger partial charge is 0.497 e. The summed E-state index contributed by atoms with van der Waals surface area (Å²) < 4.78 is 22.3. The molecule has 1 aliphatic heterocycles. The number of anilines is 2. The summed E-state index contributed by atoms with van der Waals surface area (Å²) in [6, 6.07) is 15.5. The van der Waals surface area contributed by atoms with E-state index in [4.69, 9.17) is 25.5 Å². The van der Waals surface area contributed by atoms with Crippen LogP contribution in [0.25, 0.3) is 22.3 Å². The minimum atomic E-state index is -0.423. The van der Waals surface area contributed by atoms with Gasteiger partial charge in [0.25, 0.3) is 0 Å². The molecule has 38 heavy (non-hydrogen) atoms. The second kappa shape index (κ2) is 10.6. The number of halogens is 1. The second-order valence-electron chi connectivity index (χ2n) is 10.3. The van der Waals surface area contributed by atoms with Gasteiger partial charge < -0.3 is 15.4 Å². The van der Waals surface area contributed by atoms with Crippen LogP contribution >= 0.6 is 0 Å². The van der Waals surface area contributed by atoms with E-state index in [1.54, 1.807) is 16.8 Å². The molecule has 3 heterocycles. The van der Waals surface area contributed by atoms with Crippen LogP contribution in [0.4, 0.5) is 16.2 Å². The summed E-state index contributed by atoms with van der Waals surface area (Å²) in [6.45, 7) is 4.09. The van der Waals surface area contributed by atoms with Gasteiger partial charge in [0.2, 0.25) is 5.95 Å². The fraction of sp³-hybridized carbons (Fsp3) is 0.414. The molecule has 8 nitrogen and oxygen atoms in total. The maximum absolute atomic E-state index is 15.3. The lowest BCUT2D eigenvalue weighted by atomic mass is 9.94.